The van der Waals surface area contributed by atoms with E-state index in [4.69, 9.17) is 21.1 Å². The Morgan fingerprint density at radius 2 is 1.78 bits per heavy atom. The van der Waals surface area contributed by atoms with Crippen LogP contribution < -0.4 is 0 Å². The monoisotopic (exact) mass is 460 g/mol. The average Bonchev–Trinajstić information content (AvgIpc) is 3.39. The zero-order valence-corrected chi connectivity index (χ0v) is 18.5. The molecule has 7 heteroatoms. The fraction of sp³-hybridized carbons (Fsp3) is 0.520. The average molecular weight is 461 g/mol. The third-order valence-corrected chi connectivity index (χ3v) is 7.64. The van der Waals surface area contributed by atoms with E-state index in [9.17, 15) is 20.4 Å². The van der Waals surface area contributed by atoms with Gasteiger partial charge in [0.15, 0.2) is 0 Å². The van der Waals surface area contributed by atoms with Crippen molar-refractivity contribution in [2.45, 2.75) is 56.2 Å². The molecule has 0 amide bonds. The first-order chi connectivity index (χ1) is 15.4. The number of hydrogen-bond acceptors (Lipinski definition) is 6. The Bertz CT molecular complexity index is 986. The van der Waals surface area contributed by atoms with Crippen molar-refractivity contribution in [3.63, 3.8) is 0 Å². The number of halogens is 1. The SMILES string of the molecule is OC[C@H]1O[C@H](c2ccc(Cl)c(Cc3ccc4c(c3)CC3(CCOC3)C4)c2)[C@H](O)[C@@H](O)[C@@H]1O. The lowest BCUT2D eigenvalue weighted by Gasteiger charge is -2.40. The molecule has 1 unspecified atom stereocenters. The molecule has 32 heavy (non-hydrogen) atoms. The molecule has 6 atom stereocenters. The smallest absolute Gasteiger partial charge is 0.113 e. The van der Waals surface area contributed by atoms with Crippen molar-refractivity contribution < 1.29 is 29.9 Å². The molecule has 2 heterocycles. The van der Waals surface area contributed by atoms with Crippen LogP contribution >= 0.6 is 11.6 Å². The minimum Gasteiger partial charge on any atom is -0.394 e. The summed E-state index contributed by atoms with van der Waals surface area (Å²) in [7, 11) is 0. The molecule has 6 nitrogen and oxygen atoms in total. The minimum atomic E-state index is -1.41. The number of ether oxygens (including phenoxy) is 2. The first kappa shape index (κ1) is 22.3. The molecule has 2 aromatic carbocycles. The molecule has 0 bridgehead atoms. The van der Waals surface area contributed by atoms with E-state index >= 15 is 0 Å². The molecule has 3 aliphatic rings. The van der Waals surface area contributed by atoms with Crippen molar-refractivity contribution in [2.75, 3.05) is 19.8 Å². The summed E-state index contributed by atoms with van der Waals surface area (Å²) >= 11 is 6.50. The second-order valence-corrected chi connectivity index (χ2v) is 9.94. The summed E-state index contributed by atoms with van der Waals surface area (Å²) in [6.45, 7) is 1.23. The molecule has 2 aromatic rings. The fourth-order valence-electron chi connectivity index (χ4n) is 5.43. The molecule has 5 rings (SSSR count). The minimum absolute atomic E-state index is 0.266. The maximum atomic E-state index is 10.5. The van der Waals surface area contributed by atoms with Crippen LogP contribution in [-0.2, 0) is 28.7 Å². The summed E-state index contributed by atoms with van der Waals surface area (Å²) in [5.41, 5.74) is 5.74. The Hall–Kier alpha value is -1.51. The molecule has 0 aromatic heterocycles. The molecule has 1 spiro atoms. The third kappa shape index (κ3) is 3.99. The van der Waals surface area contributed by atoms with Crippen LogP contribution in [0.2, 0.25) is 5.02 Å². The first-order valence-corrected chi connectivity index (χ1v) is 11.5. The quantitative estimate of drug-likeness (QED) is 0.556. The van der Waals surface area contributed by atoms with Gasteiger partial charge in [-0.05, 0) is 59.6 Å². The molecule has 4 N–H and O–H groups in total. The van der Waals surface area contributed by atoms with Crippen molar-refractivity contribution in [3.8, 4) is 0 Å². The Balaban J connectivity index is 1.37. The predicted molar refractivity (Wildman–Crippen MR) is 119 cm³/mol. The van der Waals surface area contributed by atoms with Gasteiger partial charge in [0.05, 0.1) is 13.2 Å². The topological polar surface area (TPSA) is 99.4 Å². The molecular weight excluding hydrogens is 432 g/mol. The molecule has 2 fully saturated rings. The van der Waals surface area contributed by atoms with E-state index in [1.807, 2.05) is 6.07 Å². The van der Waals surface area contributed by atoms with Crippen LogP contribution in [0.25, 0.3) is 0 Å². The molecule has 0 saturated carbocycles. The number of benzene rings is 2. The summed E-state index contributed by atoms with van der Waals surface area (Å²) in [6.07, 6.45) is -2.04. The Morgan fingerprint density at radius 3 is 2.53 bits per heavy atom. The lowest BCUT2D eigenvalue weighted by molar-refractivity contribution is -0.231. The van der Waals surface area contributed by atoms with Gasteiger partial charge in [0.25, 0.3) is 0 Å². The van der Waals surface area contributed by atoms with E-state index in [0.717, 1.165) is 43.6 Å². The Labute approximate surface area is 192 Å². The summed E-state index contributed by atoms with van der Waals surface area (Å²) in [5, 5.41) is 40.7. The summed E-state index contributed by atoms with van der Waals surface area (Å²) in [4.78, 5) is 0. The van der Waals surface area contributed by atoms with E-state index in [2.05, 4.69) is 18.2 Å². The molecule has 172 valence electrons. The van der Waals surface area contributed by atoms with Gasteiger partial charge in [-0.25, -0.2) is 0 Å². The Morgan fingerprint density at radius 1 is 0.969 bits per heavy atom. The number of hydrogen-bond donors (Lipinski definition) is 4. The van der Waals surface area contributed by atoms with Crippen LogP contribution in [0.15, 0.2) is 36.4 Å². The van der Waals surface area contributed by atoms with Crippen molar-refractivity contribution >= 4 is 11.6 Å². The van der Waals surface area contributed by atoms with Gasteiger partial charge in [0.1, 0.15) is 30.5 Å². The van der Waals surface area contributed by atoms with Crippen molar-refractivity contribution in [1.82, 2.24) is 0 Å². The van der Waals surface area contributed by atoms with E-state index in [1.165, 1.54) is 11.1 Å². The van der Waals surface area contributed by atoms with Crippen LogP contribution in [0.4, 0.5) is 0 Å². The highest BCUT2D eigenvalue weighted by molar-refractivity contribution is 6.31. The maximum absolute atomic E-state index is 10.5. The number of aliphatic hydroxyl groups excluding tert-OH is 4. The van der Waals surface area contributed by atoms with Crippen molar-refractivity contribution in [3.05, 3.63) is 69.2 Å². The van der Waals surface area contributed by atoms with Crippen molar-refractivity contribution in [2.24, 2.45) is 5.41 Å². The number of fused-ring (bicyclic) bond motifs is 1. The summed E-state index contributed by atoms with van der Waals surface area (Å²) in [6, 6.07) is 12.0. The third-order valence-electron chi connectivity index (χ3n) is 7.27. The van der Waals surface area contributed by atoms with E-state index in [-0.39, 0.29) is 5.41 Å². The number of aliphatic hydroxyl groups is 4. The second-order valence-electron chi connectivity index (χ2n) is 9.54. The maximum Gasteiger partial charge on any atom is 0.113 e. The highest BCUT2D eigenvalue weighted by Gasteiger charge is 2.44. The van der Waals surface area contributed by atoms with Gasteiger partial charge in [0.2, 0.25) is 0 Å². The van der Waals surface area contributed by atoms with Gasteiger partial charge in [-0.15, -0.1) is 0 Å². The molecule has 2 aliphatic heterocycles. The first-order valence-electron chi connectivity index (χ1n) is 11.2. The van der Waals surface area contributed by atoms with Crippen LogP contribution in [0.5, 0.6) is 0 Å². The lowest BCUT2D eigenvalue weighted by Crippen LogP contribution is -2.55. The summed E-state index contributed by atoms with van der Waals surface area (Å²) < 4.78 is 11.4. The van der Waals surface area contributed by atoms with Gasteiger partial charge in [0, 0.05) is 17.0 Å². The normalized spacial score (nSPS) is 34.2. The zero-order chi connectivity index (χ0) is 22.5. The predicted octanol–water partition coefficient (Wildman–Crippen LogP) is 1.95. The van der Waals surface area contributed by atoms with E-state index in [0.29, 0.717) is 17.0 Å². The van der Waals surface area contributed by atoms with Crippen LogP contribution in [-0.4, -0.2) is 64.7 Å². The standard InChI is InChI=1S/C25H29ClO6/c26-19-4-3-15(24-23(30)22(29)21(28)20(12-27)32-24)9-17(19)7-14-1-2-16-10-25(5-6-31-13-25)11-18(16)8-14/h1-4,8-9,20-24,27-30H,5-7,10-13H2/t20-,21-,22+,23-,24-,25?/m1/s1. The lowest BCUT2D eigenvalue weighted by atomic mass is 9.84. The van der Waals surface area contributed by atoms with Crippen LogP contribution in [0, 0.1) is 5.41 Å². The second kappa shape index (κ2) is 8.69. The number of rotatable bonds is 4. The molecule has 2 saturated heterocycles. The molecular formula is C25H29ClO6. The van der Waals surface area contributed by atoms with E-state index in [1.54, 1.807) is 12.1 Å². The zero-order valence-electron chi connectivity index (χ0n) is 17.8. The highest BCUT2D eigenvalue weighted by Crippen LogP contribution is 2.43. The van der Waals surface area contributed by atoms with Crippen LogP contribution in [0.1, 0.15) is 40.3 Å². The highest BCUT2D eigenvalue weighted by atomic mass is 35.5. The van der Waals surface area contributed by atoms with Gasteiger partial charge in [-0.1, -0.05) is 41.9 Å². The molecule has 1 aliphatic carbocycles. The van der Waals surface area contributed by atoms with Gasteiger partial charge in [-0.2, -0.15) is 0 Å². The van der Waals surface area contributed by atoms with Crippen LogP contribution in [0.3, 0.4) is 0 Å². The van der Waals surface area contributed by atoms with Gasteiger partial charge < -0.3 is 29.9 Å². The fourth-order valence-corrected chi connectivity index (χ4v) is 5.61. The van der Waals surface area contributed by atoms with E-state index < -0.39 is 37.1 Å². The largest absolute Gasteiger partial charge is 0.394 e. The van der Waals surface area contributed by atoms with Gasteiger partial charge in [-0.3, -0.25) is 0 Å². The van der Waals surface area contributed by atoms with Gasteiger partial charge >= 0.3 is 0 Å². The molecule has 0 radical (unpaired) electrons. The van der Waals surface area contributed by atoms with Crippen molar-refractivity contribution in [1.29, 1.82) is 0 Å². The summed E-state index contributed by atoms with van der Waals surface area (Å²) in [5.74, 6) is 0. The Kier molecular flexibility index (Phi) is 6.05.